The second-order valence-electron chi connectivity index (χ2n) is 4.49. The van der Waals surface area contributed by atoms with Crippen LogP contribution in [0, 0.1) is 0 Å². The van der Waals surface area contributed by atoms with Crippen molar-refractivity contribution in [1.29, 1.82) is 0 Å². The number of ketones is 1. The number of hydrogen-bond donors (Lipinski definition) is 1. The van der Waals surface area contributed by atoms with Gasteiger partial charge in [-0.25, -0.2) is 0 Å². The molecule has 0 spiro atoms. The largest absolute Gasteiger partial charge is 0.325 e. The first kappa shape index (κ1) is 11.6. The van der Waals surface area contributed by atoms with Crippen LogP contribution in [0.1, 0.15) is 28.3 Å². The number of nitrogens with zero attached hydrogens (tertiary/aromatic N) is 1. The van der Waals surface area contributed by atoms with Gasteiger partial charge in [0.25, 0.3) is 0 Å². The van der Waals surface area contributed by atoms with E-state index in [4.69, 9.17) is 0 Å². The third kappa shape index (κ3) is 2.12. The Kier molecular flexibility index (Phi) is 2.83. The summed E-state index contributed by atoms with van der Waals surface area (Å²) in [5, 5.41) is 2.80. The SMILES string of the molecule is O=C(CC1C(=O)Nc2ccccc21)c1ccncc1. The van der Waals surface area contributed by atoms with Gasteiger partial charge < -0.3 is 5.32 Å². The Bertz CT molecular complexity index is 638. The predicted octanol–water partition coefficient (Wildman–Crippen LogP) is 2.39. The van der Waals surface area contributed by atoms with Crippen molar-refractivity contribution in [2.24, 2.45) is 0 Å². The number of anilines is 1. The van der Waals surface area contributed by atoms with Crippen LogP contribution < -0.4 is 5.32 Å². The second-order valence-corrected chi connectivity index (χ2v) is 4.49. The average molecular weight is 252 g/mol. The molecule has 1 aromatic heterocycles. The van der Waals surface area contributed by atoms with Crippen LogP contribution in [0.3, 0.4) is 0 Å². The molecule has 0 saturated heterocycles. The van der Waals surface area contributed by atoms with Crippen molar-refractivity contribution in [2.45, 2.75) is 12.3 Å². The van der Waals surface area contributed by atoms with E-state index < -0.39 is 5.92 Å². The first-order valence-electron chi connectivity index (χ1n) is 6.09. The Hall–Kier alpha value is -2.49. The van der Waals surface area contributed by atoms with Crippen molar-refractivity contribution < 1.29 is 9.59 Å². The number of pyridine rings is 1. The molecule has 0 fully saturated rings. The molecule has 1 N–H and O–H groups in total. The van der Waals surface area contributed by atoms with E-state index in [1.165, 1.54) is 0 Å². The molecule has 1 atom stereocenters. The molecule has 2 heterocycles. The van der Waals surface area contributed by atoms with Crippen LogP contribution in [0.25, 0.3) is 0 Å². The highest BCUT2D eigenvalue weighted by molar-refractivity contribution is 6.07. The molecule has 0 radical (unpaired) electrons. The summed E-state index contributed by atoms with van der Waals surface area (Å²) < 4.78 is 0. The minimum atomic E-state index is -0.392. The molecule has 0 aliphatic carbocycles. The van der Waals surface area contributed by atoms with E-state index in [9.17, 15) is 9.59 Å². The van der Waals surface area contributed by atoms with Gasteiger partial charge in [0.1, 0.15) is 0 Å². The normalized spacial score (nSPS) is 16.8. The van der Waals surface area contributed by atoms with E-state index in [0.29, 0.717) is 5.56 Å². The summed E-state index contributed by atoms with van der Waals surface area (Å²) in [6.07, 6.45) is 3.35. The van der Waals surface area contributed by atoms with Crippen molar-refractivity contribution in [3.63, 3.8) is 0 Å². The fourth-order valence-corrected chi connectivity index (χ4v) is 2.32. The Labute approximate surface area is 110 Å². The molecule has 3 rings (SSSR count). The van der Waals surface area contributed by atoms with Crippen molar-refractivity contribution in [1.82, 2.24) is 4.98 Å². The summed E-state index contributed by atoms with van der Waals surface area (Å²) >= 11 is 0. The van der Waals surface area contributed by atoms with Gasteiger partial charge in [0, 0.05) is 30.1 Å². The molecule has 0 bridgehead atoms. The Morgan fingerprint density at radius 3 is 2.68 bits per heavy atom. The van der Waals surface area contributed by atoms with E-state index in [-0.39, 0.29) is 18.1 Å². The van der Waals surface area contributed by atoms with Gasteiger partial charge in [-0.3, -0.25) is 14.6 Å². The molecular formula is C15H12N2O2. The van der Waals surface area contributed by atoms with Crippen LogP contribution in [0.2, 0.25) is 0 Å². The molecular weight excluding hydrogens is 240 g/mol. The summed E-state index contributed by atoms with van der Waals surface area (Å²) in [7, 11) is 0. The van der Waals surface area contributed by atoms with E-state index in [0.717, 1.165) is 11.3 Å². The van der Waals surface area contributed by atoms with E-state index in [2.05, 4.69) is 10.3 Å². The highest BCUT2D eigenvalue weighted by Gasteiger charge is 2.31. The van der Waals surface area contributed by atoms with Crippen molar-refractivity contribution >= 4 is 17.4 Å². The van der Waals surface area contributed by atoms with Crippen LogP contribution in [0.4, 0.5) is 5.69 Å². The molecule has 1 amide bonds. The fraction of sp³-hybridized carbons (Fsp3) is 0.133. The van der Waals surface area contributed by atoms with Crippen molar-refractivity contribution in [2.75, 3.05) is 5.32 Å². The minimum absolute atomic E-state index is 0.0424. The maximum atomic E-state index is 12.1. The smallest absolute Gasteiger partial charge is 0.232 e. The summed E-state index contributed by atoms with van der Waals surface area (Å²) in [6.45, 7) is 0. The third-order valence-corrected chi connectivity index (χ3v) is 3.30. The monoisotopic (exact) mass is 252 g/mol. The molecule has 1 aliphatic heterocycles. The number of carbonyl (C=O) groups excluding carboxylic acids is 2. The molecule has 0 saturated carbocycles. The zero-order valence-electron chi connectivity index (χ0n) is 10.2. The Morgan fingerprint density at radius 1 is 1.16 bits per heavy atom. The zero-order valence-corrected chi connectivity index (χ0v) is 10.2. The first-order chi connectivity index (χ1) is 9.25. The zero-order chi connectivity index (χ0) is 13.2. The van der Waals surface area contributed by atoms with E-state index in [1.807, 2.05) is 24.3 Å². The average Bonchev–Trinajstić information content (AvgIpc) is 2.76. The molecule has 1 unspecified atom stereocenters. The van der Waals surface area contributed by atoms with Crippen LogP contribution >= 0.6 is 0 Å². The number of rotatable bonds is 3. The maximum Gasteiger partial charge on any atom is 0.232 e. The van der Waals surface area contributed by atoms with Gasteiger partial charge in [0.05, 0.1) is 5.92 Å². The lowest BCUT2D eigenvalue weighted by Gasteiger charge is -2.07. The standard InChI is InChI=1S/C15H12N2O2/c18-14(10-5-7-16-8-6-10)9-12-11-3-1-2-4-13(11)17-15(12)19/h1-8,12H,9H2,(H,17,19). The van der Waals surface area contributed by atoms with E-state index in [1.54, 1.807) is 24.5 Å². The number of hydrogen-bond acceptors (Lipinski definition) is 3. The number of carbonyl (C=O) groups is 2. The van der Waals surface area contributed by atoms with Gasteiger partial charge >= 0.3 is 0 Å². The van der Waals surface area contributed by atoms with Gasteiger partial charge in [0.15, 0.2) is 5.78 Å². The first-order valence-corrected chi connectivity index (χ1v) is 6.09. The van der Waals surface area contributed by atoms with Crippen molar-refractivity contribution in [3.8, 4) is 0 Å². The van der Waals surface area contributed by atoms with Crippen LogP contribution in [-0.4, -0.2) is 16.7 Å². The topological polar surface area (TPSA) is 59.1 Å². The number of fused-ring (bicyclic) bond motifs is 1. The molecule has 1 aromatic carbocycles. The third-order valence-electron chi connectivity index (χ3n) is 3.30. The summed E-state index contributed by atoms with van der Waals surface area (Å²) in [6, 6.07) is 10.8. The minimum Gasteiger partial charge on any atom is -0.325 e. The molecule has 1 aliphatic rings. The lowest BCUT2D eigenvalue weighted by Crippen LogP contribution is -2.16. The molecule has 19 heavy (non-hydrogen) atoms. The number of benzene rings is 1. The second kappa shape index (κ2) is 4.65. The Morgan fingerprint density at radius 2 is 1.89 bits per heavy atom. The van der Waals surface area contributed by atoms with Gasteiger partial charge in [0.2, 0.25) is 5.91 Å². The Balaban J connectivity index is 1.85. The highest BCUT2D eigenvalue weighted by atomic mass is 16.2. The van der Waals surface area contributed by atoms with Gasteiger partial charge in [-0.15, -0.1) is 0 Å². The maximum absolute atomic E-state index is 12.1. The lowest BCUT2D eigenvalue weighted by atomic mass is 9.93. The number of aromatic nitrogens is 1. The molecule has 4 nitrogen and oxygen atoms in total. The lowest BCUT2D eigenvalue weighted by molar-refractivity contribution is -0.117. The summed E-state index contributed by atoms with van der Waals surface area (Å²) in [5.41, 5.74) is 2.29. The highest BCUT2D eigenvalue weighted by Crippen LogP contribution is 2.34. The quantitative estimate of drug-likeness (QED) is 0.853. The number of nitrogens with one attached hydrogen (secondary N) is 1. The number of Topliss-reactive ketones (excluding diaryl/α,β-unsaturated/α-hetero) is 1. The predicted molar refractivity (Wildman–Crippen MR) is 71.0 cm³/mol. The van der Waals surface area contributed by atoms with E-state index >= 15 is 0 Å². The summed E-state index contributed by atoms with van der Waals surface area (Å²) in [5.74, 6) is -0.542. The van der Waals surface area contributed by atoms with Crippen LogP contribution in [-0.2, 0) is 4.79 Å². The summed E-state index contributed by atoms with van der Waals surface area (Å²) in [4.78, 5) is 27.9. The fourth-order valence-electron chi connectivity index (χ4n) is 2.32. The van der Waals surface area contributed by atoms with Gasteiger partial charge in [-0.1, -0.05) is 18.2 Å². The molecule has 94 valence electrons. The number of para-hydroxylation sites is 1. The van der Waals surface area contributed by atoms with Gasteiger partial charge in [-0.05, 0) is 23.8 Å². The van der Waals surface area contributed by atoms with Crippen LogP contribution in [0.15, 0.2) is 48.8 Å². The van der Waals surface area contributed by atoms with Crippen molar-refractivity contribution in [3.05, 3.63) is 59.9 Å². The van der Waals surface area contributed by atoms with Gasteiger partial charge in [-0.2, -0.15) is 0 Å². The molecule has 2 aromatic rings. The van der Waals surface area contributed by atoms with Crippen LogP contribution in [0.5, 0.6) is 0 Å². The molecule has 4 heteroatoms. The number of amides is 1.